The zero-order valence-electron chi connectivity index (χ0n) is 2.42. The first-order valence-corrected chi connectivity index (χ1v) is 0.775. The Morgan fingerprint density at radius 3 is 1.00 bits per heavy atom. The molecule has 5 N–H and O–H groups in total. The number of rotatable bonds is 0. The van der Waals surface area contributed by atoms with Crippen LogP contribution in [0.1, 0.15) is 0 Å². The molecular formula is H7BBeO4. The van der Waals surface area contributed by atoms with Gasteiger partial charge in [0.25, 0.3) is 0 Å². The molecule has 0 unspecified atom stereocenters. The van der Waals surface area contributed by atoms with Gasteiger partial charge in [-0.05, 0) is 0 Å². The van der Waals surface area contributed by atoms with Crippen molar-refractivity contribution in [2.45, 2.75) is 0 Å². The Morgan fingerprint density at radius 2 is 1.00 bits per heavy atom. The Labute approximate surface area is 39.1 Å². The van der Waals surface area contributed by atoms with E-state index in [1.54, 1.807) is 0 Å². The second-order valence-electron chi connectivity index (χ2n) is 0.346. The summed E-state index contributed by atoms with van der Waals surface area (Å²) < 4.78 is 0. The Balaban J connectivity index is -0.0000000450. The molecule has 4 nitrogen and oxygen atoms in total. The van der Waals surface area contributed by atoms with Crippen LogP contribution in [0.15, 0.2) is 0 Å². The van der Waals surface area contributed by atoms with Crippen molar-refractivity contribution in [2.75, 3.05) is 0 Å². The molecule has 0 aliphatic heterocycles. The molecule has 0 fully saturated rings. The molecule has 0 aromatic heterocycles. The van der Waals surface area contributed by atoms with Crippen LogP contribution in [-0.4, -0.2) is 38.0 Å². The minimum absolute atomic E-state index is 0. The van der Waals surface area contributed by atoms with E-state index in [4.69, 9.17) is 15.1 Å². The Bertz CT molecular complexity index is 12.3. The monoisotopic (exact) mass is 91.1 g/mol. The van der Waals surface area contributed by atoms with E-state index in [0.29, 0.717) is 0 Å². The molecule has 6 heavy (non-hydrogen) atoms. The molecule has 0 amide bonds. The first-order valence-electron chi connectivity index (χ1n) is 0.775. The Kier molecular flexibility index (Phi) is 24.6. The molecule has 0 aliphatic rings. The molecule has 0 heterocycles. The first kappa shape index (κ1) is 16.5. The van der Waals surface area contributed by atoms with Crippen molar-refractivity contribution in [1.29, 1.82) is 0 Å². The van der Waals surface area contributed by atoms with Gasteiger partial charge in [0.1, 0.15) is 0 Å². The zero-order chi connectivity index (χ0) is 3.58. The van der Waals surface area contributed by atoms with E-state index in [9.17, 15) is 0 Å². The molecule has 0 saturated heterocycles. The molecule has 0 spiro atoms. The second-order valence-corrected chi connectivity index (χ2v) is 0.346. The van der Waals surface area contributed by atoms with Crippen LogP contribution in [0, 0.1) is 0 Å². The average Bonchev–Trinajstić information content (AvgIpc) is 0.811. The molecule has 0 aromatic carbocycles. The zero-order valence-corrected chi connectivity index (χ0v) is 2.42. The van der Waals surface area contributed by atoms with Gasteiger partial charge >= 0.3 is 17.4 Å². The Morgan fingerprint density at radius 1 is 1.00 bits per heavy atom. The van der Waals surface area contributed by atoms with Crippen molar-refractivity contribution in [3.05, 3.63) is 0 Å². The van der Waals surface area contributed by atoms with E-state index >= 15 is 0 Å². The predicted octanol–water partition coefficient (Wildman–Crippen LogP) is -3.79. The summed E-state index contributed by atoms with van der Waals surface area (Å²) in [5.41, 5.74) is 0. The minimum atomic E-state index is -2.17. The van der Waals surface area contributed by atoms with Gasteiger partial charge in [-0.25, -0.2) is 0 Å². The van der Waals surface area contributed by atoms with Crippen LogP contribution in [0.4, 0.5) is 0 Å². The summed E-state index contributed by atoms with van der Waals surface area (Å²) in [5.74, 6) is 0. The van der Waals surface area contributed by atoms with Gasteiger partial charge in [-0.3, -0.25) is 0 Å². The van der Waals surface area contributed by atoms with Crippen LogP contribution in [0.3, 0.4) is 0 Å². The first-order chi connectivity index (χ1) is 1.73. The molecule has 0 bridgehead atoms. The summed E-state index contributed by atoms with van der Waals surface area (Å²) in [6, 6.07) is 0. The van der Waals surface area contributed by atoms with Gasteiger partial charge in [-0.15, -0.1) is 0 Å². The molecule has 0 atom stereocenters. The molecular weight excluding hydrogens is 83.8 g/mol. The van der Waals surface area contributed by atoms with E-state index in [1.807, 2.05) is 0 Å². The van der Waals surface area contributed by atoms with Crippen LogP contribution in [0.25, 0.3) is 0 Å². The van der Waals surface area contributed by atoms with E-state index in [1.165, 1.54) is 0 Å². The van der Waals surface area contributed by atoms with Gasteiger partial charge in [0.15, 0.2) is 0 Å². The average molecular weight is 90.9 g/mol. The topological polar surface area (TPSA) is 92.2 Å². The van der Waals surface area contributed by atoms with Gasteiger partial charge in [-0.1, -0.05) is 0 Å². The summed E-state index contributed by atoms with van der Waals surface area (Å²) in [6.45, 7) is 0. The molecule has 0 rings (SSSR count). The van der Waals surface area contributed by atoms with Crippen LogP contribution in [0.5, 0.6) is 0 Å². The summed E-state index contributed by atoms with van der Waals surface area (Å²) in [5, 5.41) is 21.5. The van der Waals surface area contributed by atoms with Gasteiger partial charge in [0, 0.05) is 0 Å². The third-order valence-corrected chi connectivity index (χ3v) is 0. The third kappa shape index (κ3) is 7070. The van der Waals surface area contributed by atoms with Crippen molar-refractivity contribution < 1.29 is 20.5 Å². The normalized spacial score (nSPS) is 4.50. The third-order valence-electron chi connectivity index (χ3n) is 0. The SMILES string of the molecule is O.OB(O)O.[BeH2]. The van der Waals surface area contributed by atoms with Crippen LogP contribution in [0.2, 0.25) is 0 Å². The molecule has 0 aromatic rings. The van der Waals surface area contributed by atoms with Gasteiger partial charge < -0.3 is 20.5 Å². The van der Waals surface area contributed by atoms with Crippen molar-refractivity contribution in [3.8, 4) is 0 Å². The molecule has 6 heteroatoms. The van der Waals surface area contributed by atoms with Crippen molar-refractivity contribution in [1.82, 2.24) is 0 Å². The quantitative estimate of drug-likeness (QED) is 0.267. The van der Waals surface area contributed by atoms with Crippen molar-refractivity contribution in [2.24, 2.45) is 0 Å². The Hall–Kier alpha value is 0.0738. The maximum atomic E-state index is 7.17. The summed E-state index contributed by atoms with van der Waals surface area (Å²) >= 11 is 0. The molecule has 0 radical (unpaired) electrons. The number of hydrogen-bond acceptors (Lipinski definition) is 3. The summed E-state index contributed by atoms with van der Waals surface area (Å²) in [4.78, 5) is 0. The predicted molar refractivity (Wildman–Crippen MR) is 24.6 cm³/mol. The van der Waals surface area contributed by atoms with Gasteiger partial charge in [-0.2, -0.15) is 0 Å². The van der Waals surface area contributed by atoms with E-state index in [-0.39, 0.29) is 15.6 Å². The van der Waals surface area contributed by atoms with E-state index in [2.05, 4.69) is 0 Å². The fourth-order valence-electron chi connectivity index (χ4n) is 0. The van der Waals surface area contributed by atoms with E-state index < -0.39 is 7.32 Å². The summed E-state index contributed by atoms with van der Waals surface area (Å²) in [6.07, 6.45) is 0. The van der Waals surface area contributed by atoms with Gasteiger partial charge in [0.05, 0.1) is 0 Å². The maximum absolute atomic E-state index is 7.17. The van der Waals surface area contributed by atoms with Crippen molar-refractivity contribution >= 4 is 17.4 Å². The fourth-order valence-corrected chi connectivity index (χ4v) is 0. The summed E-state index contributed by atoms with van der Waals surface area (Å²) in [7, 11) is -2.17. The van der Waals surface area contributed by atoms with Crippen molar-refractivity contribution in [3.63, 3.8) is 0 Å². The van der Waals surface area contributed by atoms with Gasteiger partial charge in [0.2, 0.25) is 0 Å². The molecule has 0 aliphatic carbocycles. The number of hydrogen-bond donors (Lipinski definition) is 3. The van der Waals surface area contributed by atoms with Crippen LogP contribution >= 0.6 is 0 Å². The second kappa shape index (κ2) is 8.91. The molecule has 36 valence electrons. The molecule has 0 saturated carbocycles. The standard InChI is InChI=1S/BH3O3.Be.H2O.2H/c2-1(3)4;;;;/h2-4H;;1H2;;. The fraction of sp³-hybridized carbons (Fsp3) is 0. The van der Waals surface area contributed by atoms with E-state index in [0.717, 1.165) is 0 Å². The van der Waals surface area contributed by atoms with Crippen LogP contribution in [-0.2, 0) is 0 Å². The van der Waals surface area contributed by atoms with Crippen LogP contribution < -0.4 is 0 Å².